The van der Waals surface area contributed by atoms with Crippen LogP contribution in [0, 0.1) is 22.7 Å². The molecule has 2 fully saturated rings. The van der Waals surface area contributed by atoms with Crippen molar-refractivity contribution < 1.29 is 9.59 Å². The molecule has 0 bridgehead atoms. The predicted octanol–water partition coefficient (Wildman–Crippen LogP) is 4.40. The Kier molecular flexibility index (Phi) is 7.04. The lowest BCUT2D eigenvalue weighted by Gasteiger charge is -2.34. The fraction of sp³-hybridized carbons (Fsp3) is 0.385. The summed E-state index contributed by atoms with van der Waals surface area (Å²) in [5, 5.41) is 23.2. The highest BCUT2D eigenvalue weighted by Gasteiger charge is 2.30. The molecule has 1 aliphatic carbocycles. The van der Waals surface area contributed by atoms with Crippen LogP contribution in [0.4, 0.5) is 11.4 Å². The van der Waals surface area contributed by atoms with E-state index in [1.165, 1.54) is 6.21 Å². The van der Waals surface area contributed by atoms with Crippen molar-refractivity contribution in [3.63, 3.8) is 0 Å². The second-order valence-electron chi connectivity index (χ2n) is 8.82. The monoisotopic (exact) mass is 443 g/mol. The Morgan fingerprint density at radius 3 is 2.52 bits per heavy atom. The maximum atomic E-state index is 12.7. The number of nitrogens with one attached hydrogen (secondary N) is 3. The number of piperidine rings is 1. The molecule has 0 aromatic heterocycles. The number of benzene rings is 2. The Morgan fingerprint density at radius 1 is 1.06 bits per heavy atom. The van der Waals surface area contributed by atoms with Gasteiger partial charge in [0, 0.05) is 53.8 Å². The fourth-order valence-electron chi connectivity index (χ4n) is 4.71. The fourth-order valence-corrected chi connectivity index (χ4v) is 4.71. The quantitative estimate of drug-likeness (QED) is 0.575. The Morgan fingerprint density at radius 2 is 1.82 bits per heavy atom. The normalized spacial score (nSPS) is 16.8. The molecule has 0 radical (unpaired) electrons. The van der Waals surface area contributed by atoms with Gasteiger partial charge >= 0.3 is 0 Å². The van der Waals surface area contributed by atoms with Gasteiger partial charge in [0.25, 0.3) is 5.91 Å². The summed E-state index contributed by atoms with van der Waals surface area (Å²) >= 11 is 0. The molecule has 2 aromatic carbocycles. The molecule has 0 unspecified atom stereocenters. The molecule has 0 spiro atoms. The van der Waals surface area contributed by atoms with Crippen molar-refractivity contribution in [1.29, 1.82) is 10.7 Å². The zero-order chi connectivity index (χ0) is 23.2. The Bertz CT molecular complexity index is 1080. The number of anilines is 2. The van der Waals surface area contributed by atoms with Crippen LogP contribution in [-0.4, -0.2) is 42.1 Å². The molecule has 7 nitrogen and oxygen atoms in total. The van der Waals surface area contributed by atoms with Crippen LogP contribution >= 0.6 is 0 Å². The molecule has 2 aromatic rings. The van der Waals surface area contributed by atoms with E-state index in [2.05, 4.69) is 10.6 Å². The van der Waals surface area contributed by atoms with Crippen LogP contribution in [0.1, 0.15) is 60.0 Å². The molecular formula is C26H29N5O2. The maximum Gasteiger partial charge on any atom is 0.255 e. The largest absolute Gasteiger partial charge is 0.382 e. The average Bonchev–Trinajstić information content (AvgIpc) is 3.39. The minimum absolute atomic E-state index is 0.203. The van der Waals surface area contributed by atoms with Crippen molar-refractivity contribution in [2.24, 2.45) is 5.92 Å². The molecule has 3 N–H and O–H groups in total. The molecule has 1 saturated carbocycles. The van der Waals surface area contributed by atoms with Crippen molar-refractivity contribution in [3.05, 3.63) is 59.2 Å². The third-order valence-corrected chi connectivity index (χ3v) is 6.59. The number of rotatable bonds is 6. The van der Waals surface area contributed by atoms with Gasteiger partial charge in [-0.2, -0.15) is 5.26 Å². The van der Waals surface area contributed by atoms with Gasteiger partial charge in [-0.3, -0.25) is 9.59 Å². The van der Waals surface area contributed by atoms with Crippen molar-refractivity contribution in [1.82, 2.24) is 4.90 Å². The molecule has 7 heteroatoms. The van der Waals surface area contributed by atoms with Gasteiger partial charge in [0.2, 0.25) is 5.91 Å². The van der Waals surface area contributed by atoms with E-state index in [1.54, 1.807) is 36.4 Å². The molecule has 2 aliphatic rings. The summed E-state index contributed by atoms with van der Waals surface area (Å²) in [4.78, 5) is 27.3. The van der Waals surface area contributed by atoms with Crippen LogP contribution in [0.2, 0.25) is 0 Å². The van der Waals surface area contributed by atoms with Crippen LogP contribution < -0.4 is 10.6 Å². The summed E-state index contributed by atoms with van der Waals surface area (Å²) in [6.07, 6.45) is 7.39. The van der Waals surface area contributed by atoms with E-state index in [0.717, 1.165) is 62.9 Å². The smallest absolute Gasteiger partial charge is 0.255 e. The molecular weight excluding hydrogens is 414 g/mol. The summed E-state index contributed by atoms with van der Waals surface area (Å²) in [5.41, 5.74) is 2.99. The molecule has 4 rings (SSSR count). The summed E-state index contributed by atoms with van der Waals surface area (Å²) in [7, 11) is 0. The van der Waals surface area contributed by atoms with E-state index in [-0.39, 0.29) is 17.9 Å². The van der Waals surface area contributed by atoms with Crippen LogP contribution in [-0.2, 0) is 4.79 Å². The Balaban J connectivity index is 1.39. The minimum Gasteiger partial charge on any atom is -0.382 e. The molecule has 2 amide bonds. The summed E-state index contributed by atoms with van der Waals surface area (Å²) in [5.74, 6) is 0.240. The second kappa shape index (κ2) is 10.3. The van der Waals surface area contributed by atoms with Gasteiger partial charge in [-0.15, -0.1) is 0 Å². The first kappa shape index (κ1) is 22.5. The van der Waals surface area contributed by atoms with E-state index in [1.807, 2.05) is 17.0 Å². The van der Waals surface area contributed by atoms with E-state index >= 15 is 0 Å². The lowest BCUT2D eigenvalue weighted by Crippen LogP contribution is -2.44. The molecule has 1 aliphatic heterocycles. The van der Waals surface area contributed by atoms with Crippen LogP contribution in [0.3, 0.4) is 0 Å². The first-order valence-corrected chi connectivity index (χ1v) is 11.6. The van der Waals surface area contributed by atoms with Crippen molar-refractivity contribution in [2.45, 2.75) is 44.6 Å². The van der Waals surface area contributed by atoms with Gasteiger partial charge in [-0.25, -0.2) is 0 Å². The van der Waals surface area contributed by atoms with Crippen molar-refractivity contribution in [3.8, 4) is 6.07 Å². The SMILES string of the molecule is N#Cc1cccc(C(=O)Nc2ccc(C=N)c(NC3CCN(C(=O)C4CCCC4)CC3)c2)c1. The van der Waals surface area contributed by atoms with Gasteiger partial charge < -0.3 is 20.9 Å². The molecule has 1 heterocycles. The Labute approximate surface area is 194 Å². The number of carbonyl (C=O) groups excluding carboxylic acids is 2. The maximum absolute atomic E-state index is 12.7. The molecule has 0 atom stereocenters. The van der Waals surface area contributed by atoms with Gasteiger partial charge in [0.05, 0.1) is 11.6 Å². The van der Waals surface area contributed by atoms with Gasteiger partial charge in [-0.1, -0.05) is 18.9 Å². The van der Waals surface area contributed by atoms with Gasteiger partial charge in [0.1, 0.15) is 0 Å². The van der Waals surface area contributed by atoms with Gasteiger partial charge in [0.15, 0.2) is 0 Å². The Hall–Kier alpha value is -3.66. The van der Waals surface area contributed by atoms with E-state index < -0.39 is 0 Å². The summed E-state index contributed by atoms with van der Waals surface area (Å²) < 4.78 is 0. The first-order valence-electron chi connectivity index (χ1n) is 11.6. The van der Waals surface area contributed by atoms with Crippen LogP contribution in [0.5, 0.6) is 0 Å². The number of hydrogen-bond donors (Lipinski definition) is 3. The lowest BCUT2D eigenvalue weighted by molar-refractivity contribution is -0.136. The third-order valence-electron chi connectivity index (χ3n) is 6.59. The number of carbonyl (C=O) groups is 2. The number of nitriles is 1. The number of amides is 2. The van der Waals surface area contributed by atoms with Crippen LogP contribution in [0.25, 0.3) is 0 Å². The number of likely N-dealkylation sites (tertiary alicyclic amines) is 1. The molecule has 33 heavy (non-hydrogen) atoms. The summed E-state index contributed by atoms with van der Waals surface area (Å²) in [6.45, 7) is 1.50. The highest BCUT2D eigenvalue weighted by Crippen LogP contribution is 2.29. The first-order chi connectivity index (χ1) is 16.1. The third kappa shape index (κ3) is 5.40. The van der Waals surface area contributed by atoms with Crippen molar-refractivity contribution >= 4 is 29.4 Å². The standard InChI is InChI=1S/C26H29N5O2/c27-16-18-4-3-7-20(14-18)25(32)30-23-9-8-21(17-28)24(15-23)29-22-10-12-31(13-11-22)26(33)19-5-1-2-6-19/h3-4,7-9,14-15,17,19,22,28-29H,1-2,5-6,10-13H2,(H,30,32). The van der Waals surface area contributed by atoms with E-state index in [9.17, 15) is 9.59 Å². The lowest BCUT2D eigenvalue weighted by atomic mass is 10.0. The zero-order valence-electron chi connectivity index (χ0n) is 18.6. The predicted molar refractivity (Wildman–Crippen MR) is 129 cm³/mol. The van der Waals surface area contributed by atoms with Crippen LogP contribution in [0.15, 0.2) is 42.5 Å². The number of hydrogen-bond acceptors (Lipinski definition) is 5. The highest BCUT2D eigenvalue weighted by molar-refractivity contribution is 6.05. The average molecular weight is 444 g/mol. The zero-order valence-corrected chi connectivity index (χ0v) is 18.6. The molecule has 1 saturated heterocycles. The van der Waals surface area contributed by atoms with Crippen molar-refractivity contribution in [2.75, 3.05) is 23.7 Å². The summed E-state index contributed by atoms with van der Waals surface area (Å²) in [6, 6.07) is 14.2. The highest BCUT2D eigenvalue weighted by atomic mass is 16.2. The number of nitrogens with zero attached hydrogens (tertiary/aromatic N) is 2. The van der Waals surface area contributed by atoms with E-state index in [0.29, 0.717) is 22.7 Å². The van der Waals surface area contributed by atoms with E-state index in [4.69, 9.17) is 10.7 Å². The second-order valence-corrected chi connectivity index (χ2v) is 8.82. The topological polar surface area (TPSA) is 109 Å². The minimum atomic E-state index is -0.292. The molecule has 170 valence electrons. The van der Waals surface area contributed by atoms with Gasteiger partial charge in [-0.05, 0) is 62.1 Å².